The highest BCUT2D eigenvalue weighted by Crippen LogP contribution is 2.40. The van der Waals surface area contributed by atoms with Crippen LogP contribution in [0.4, 0.5) is 0 Å². The topological polar surface area (TPSA) is 116 Å². The first-order chi connectivity index (χ1) is 18.3. The Morgan fingerprint density at radius 3 is 2.76 bits per heavy atom. The molecule has 8 heteroatoms. The summed E-state index contributed by atoms with van der Waals surface area (Å²) in [6, 6.07) is 20.3. The number of rotatable bonds is 5. The van der Waals surface area contributed by atoms with E-state index >= 15 is 0 Å². The van der Waals surface area contributed by atoms with Gasteiger partial charge in [0.1, 0.15) is 5.69 Å². The van der Waals surface area contributed by atoms with Crippen LogP contribution >= 0.6 is 0 Å². The molecule has 1 saturated carbocycles. The van der Waals surface area contributed by atoms with Gasteiger partial charge >= 0.3 is 0 Å². The van der Waals surface area contributed by atoms with Crippen molar-refractivity contribution in [2.24, 2.45) is 5.73 Å². The lowest BCUT2D eigenvalue weighted by molar-refractivity contribution is -0.0283. The number of aryl methyl sites for hydroxylation is 1. The van der Waals surface area contributed by atoms with Crippen LogP contribution in [0.5, 0.6) is 0 Å². The zero-order valence-electron chi connectivity index (χ0n) is 21.2. The summed E-state index contributed by atoms with van der Waals surface area (Å²) in [5.41, 5.74) is 9.00. The quantitative estimate of drug-likeness (QED) is 0.367. The van der Waals surface area contributed by atoms with E-state index in [-0.39, 0.29) is 18.1 Å². The fourth-order valence-electron chi connectivity index (χ4n) is 5.84. The van der Waals surface area contributed by atoms with E-state index in [2.05, 4.69) is 4.98 Å². The molecule has 1 fully saturated rings. The fraction of sp³-hybridized carbons (Fsp3) is 0.267. The van der Waals surface area contributed by atoms with Crippen LogP contribution in [0.15, 0.2) is 77.7 Å². The van der Waals surface area contributed by atoms with E-state index in [4.69, 9.17) is 10.8 Å². The number of aliphatic hydroxyl groups is 1. The number of carbonyl (C=O) groups is 1. The van der Waals surface area contributed by atoms with Gasteiger partial charge in [0.15, 0.2) is 0 Å². The molecule has 5 aromatic rings. The summed E-state index contributed by atoms with van der Waals surface area (Å²) in [6.07, 6.45) is 4.43. The Labute approximate surface area is 219 Å². The van der Waals surface area contributed by atoms with Crippen LogP contribution in [0, 0.1) is 6.92 Å². The molecular formula is C30H29N5O3. The highest BCUT2D eigenvalue weighted by atomic mass is 16.3. The molecule has 0 aliphatic heterocycles. The van der Waals surface area contributed by atoms with Crippen LogP contribution in [0.2, 0.25) is 0 Å². The second-order valence-electron chi connectivity index (χ2n) is 10.4. The van der Waals surface area contributed by atoms with Gasteiger partial charge in [-0.3, -0.25) is 19.3 Å². The van der Waals surface area contributed by atoms with Gasteiger partial charge in [0.2, 0.25) is 5.91 Å². The molecule has 0 bridgehead atoms. The largest absolute Gasteiger partial charge is 0.388 e. The molecule has 0 spiro atoms. The van der Waals surface area contributed by atoms with E-state index in [9.17, 15) is 14.7 Å². The van der Waals surface area contributed by atoms with Crippen LogP contribution < -0.4 is 11.3 Å². The van der Waals surface area contributed by atoms with E-state index in [1.54, 1.807) is 29.0 Å². The number of benzene rings is 2. The molecule has 2 atom stereocenters. The summed E-state index contributed by atoms with van der Waals surface area (Å²) in [4.78, 5) is 29.1. The minimum atomic E-state index is -1.07. The van der Waals surface area contributed by atoms with Gasteiger partial charge in [-0.1, -0.05) is 18.2 Å². The number of carbonyl (C=O) groups excluding carboxylic acids is 1. The molecule has 1 aliphatic rings. The van der Waals surface area contributed by atoms with Gasteiger partial charge < -0.3 is 15.4 Å². The van der Waals surface area contributed by atoms with Crippen molar-refractivity contribution < 1.29 is 9.90 Å². The Balaban J connectivity index is 1.41. The van der Waals surface area contributed by atoms with Gasteiger partial charge in [-0.25, -0.2) is 0 Å². The third-order valence-corrected chi connectivity index (χ3v) is 7.65. The van der Waals surface area contributed by atoms with Crippen molar-refractivity contribution in [1.29, 1.82) is 0 Å². The second kappa shape index (κ2) is 9.22. The minimum Gasteiger partial charge on any atom is -0.388 e. The third-order valence-electron chi connectivity index (χ3n) is 7.65. The maximum Gasteiger partial charge on any atom is 0.251 e. The third kappa shape index (κ3) is 4.26. The number of para-hydroxylation sites is 1. The van der Waals surface area contributed by atoms with Gasteiger partial charge in [-0.15, -0.1) is 0 Å². The number of primary amides is 1. The van der Waals surface area contributed by atoms with Crippen molar-refractivity contribution >= 4 is 27.7 Å². The average Bonchev–Trinajstić information content (AvgIpc) is 3.29. The van der Waals surface area contributed by atoms with Crippen LogP contribution in [-0.4, -0.2) is 35.9 Å². The predicted octanol–water partition coefficient (Wildman–Crippen LogP) is 4.37. The summed E-state index contributed by atoms with van der Waals surface area (Å²) < 4.78 is 3.66. The molecule has 1 aliphatic carbocycles. The van der Waals surface area contributed by atoms with Crippen molar-refractivity contribution in [1.82, 2.24) is 19.3 Å². The van der Waals surface area contributed by atoms with E-state index in [1.807, 2.05) is 60.1 Å². The standard InChI is InChI=1S/C30H29N5O3/c1-19-15-21(12-14-32-19)28-24-16-22(29(31)37)8-10-26(24)35(33-28)23-6-4-13-30(38,17-23)18-34-25-7-3-2-5-20(25)9-11-27(34)36/h2-3,5,7-12,14-16,23,38H,4,6,13,17-18H2,1H3,(H2,31,37). The van der Waals surface area contributed by atoms with Crippen molar-refractivity contribution in [2.75, 3.05) is 0 Å². The fourth-order valence-corrected chi connectivity index (χ4v) is 5.84. The first-order valence-corrected chi connectivity index (χ1v) is 12.9. The summed E-state index contributed by atoms with van der Waals surface area (Å²) in [6.45, 7) is 2.14. The first-order valence-electron chi connectivity index (χ1n) is 12.9. The van der Waals surface area contributed by atoms with Crippen molar-refractivity contribution in [2.45, 2.75) is 50.8 Å². The van der Waals surface area contributed by atoms with Gasteiger partial charge in [0.05, 0.1) is 29.2 Å². The summed E-state index contributed by atoms with van der Waals surface area (Å²) in [5, 5.41) is 18.6. The Morgan fingerprint density at radius 2 is 1.95 bits per heavy atom. The average molecular weight is 508 g/mol. The lowest BCUT2D eigenvalue weighted by atomic mass is 9.81. The summed E-state index contributed by atoms with van der Waals surface area (Å²) in [7, 11) is 0. The lowest BCUT2D eigenvalue weighted by Gasteiger charge is -2.37. The van der Waals surface area contributed by atoms with Crippen molar-refractivity contribution in [3.63, 3.8) is 0 Å². The van der Waals surface area contributed by atoms with Crippen LogP contribution in [-0.2, 0) is 6.54 Å². The molecule has 2 aromatic carbocycles. The molecule has 38 heavy (non-hydrogen) atoms. The molecule has 192 valence electrons. The highest BCUT2D eigenvalue weighted by molar-refractivity contribution is 6.01. The van der Waals surface area contributed by atoms with Gasteiger partial charge in [-0.05, 0) is 74.0 Å². The lowest BCUT2D eigenvalue weighted by Crippen LogP contribution is -2.42. The Kier molecular flexibility index (Phi) is 5.84. The van der Waals surface area contributed by atoms with E-state index in [0.29, 0.717) is 18.4 Å². The van der Waals surface area contributed by atoms with E-state index in [0.717, 1.165) is 51.6 Å². The SMILES string of the molecule is Cc1cc(-c2nn(C3CCCC(O)(Cn4c(=O)ccc5ccccc54)C3)c3ccc(C(N)=O)cc23)ccn1. The highest BCUT2D eigenvalue weighted by Gasteiger charge is 2.37. The number of amides is 1. The smallest absolute Gasteiger partial charge is 0.251 e. The number of aromatic nitrogens is 4. The van der Waals surface area contributed by atoms with Gasteiger partial charge in [-0.2, -0.15) is 5.10 Å². The Bertz CT molecular complexity index is 1750. The minimum absolute atomic E-state index is 0.0851. The Morgan fingerprint density at radius 1 is 1.11 bits per heavy atom. The number of nitrogens with two attached hydrogens (primary N) is 1. The number of pyridine rings is 2. The molecule has 6 rings (SSSR count). The molecule has 3 N–H and O–H groups in total. The Hall–Kier alpha value is -4.30. The molecule has 2 unspecified atom stereocenters. The van der Waals surface area contributed by atoms with Gasteiger partial charge in [0, 0.05) is 40.9 Å². The number of hydrogen-bond donors (Lipinski definition) is 2. The number of nitrogens with zero attached hydrogens (tertiary/aromatic N) is 4. The number of fused-ring (bicyclic) bond motifs is 2. The maximum atomic E-state index is 12.8. The monoisotopic (exact) mass is 507 g/mol. The normalized spacial score (nSPS) is 19.7. The molecule has 8 nitrogen and oxygen atoms in total. The van der Waals surface area contributed by atoms with Crippen LogP contribution in [0.25, 0.3) is 33.1 Å². The maximum absolute atomic E-state index is 12.8. The zero-order valence-corrected chi connectivity index (χ0v) is 21.2. The van der Waals surface area contributed by atoms with Crippen molar-refractivity contribution in [3.8, 4) is 11.3 Å². The summed E-state index contributed by atoms with van der Waals surface area (Å²) in [5.74, 6) is -0.496. The zero-order chi connectivity index (χ0) is 26.4. The molecule has 0 saturated heterocycles. The molecule has 1 amide bonds. The second-order valence-corrected chi connectivity index (χ2v) is 10.4. The molecular weight excluding hydrogens is 478 g/mol. The summed E-state index contributed by atoms with van der Waals surface area (Å²) >= 11 is 0. The first kappa shape index (κ1) is 24.1. The predicted molar refractivity (Wildman–Crippen MR) is 147 cm³/mol. The number of hydrogen-bond acceptors (Lipinski definition) is 5. The molecule has 0 radical (unpaired) electrons. The van der Waals surface area contributed by atoms with E-state index in [1.165, 1.54) is 0 Å². The van der Waals surface area contributed by atoms with Crippen LogP contribution in [0.3, 0.4) is 0 Å². The van der Waals surface area contributed by atoms with Crippen molar-refractivity contribution in [3.05, 3.63) is 94.5 Å². The molecule has 3 heterocycles. The molecule has 3 aromatic heterocycles. The van der Waals surface area contributed by atoms with Crippen LogP contribution in [0.1, 0.15) is 47.8 Å². The van der Waals surface area contributed by atoms with Gasteiger partial charge in [0.25, 0.3) is 5.56 Å². The van der Waals surface area contributed by atoms with E-state index < -0.39 is 11.5 Å².